The van der Waals surface area contributed by atoms with Gasteiger partial charge in [0.25, 0.3) is 11.8 Å². The minimum atomic E-state index is -0.204. The summed E-state index contributed by atoms with van der Waals surface area (Å²) >= 11 is 0. The van der Waals surface area contributed by atoms with Gasteiger partial charge >= 0.3 is 0 Å². The fourth-order valence-electron chi connectivity index (χ4n) is 4.55. The van der Waals surface area contributed by atoms with Crippen molar-refractivity contribution in [3.05, 3.63) is 101 Å². The Balaban J connectivity index is 1.28. The molecule has 190 valence electrons. The van der Waals surface area contributed by atoms with E-state index in [1.54, 1.807) is 23.1 Å². The molecule has 0 radical (unpaired) electrons. The third-order valence-corrected chi connectivity index (χ3v) is 6.54. The lowest BCUT2D eigenvalue weighted by Gasteiger charge is -2.30. The molecule has 7 heteroatoms. The summed E-state index contributed by atoms with van der Waals surface area (Å²) in [5.74, 6) is 0.562. The van der Waals surface area contributed by atoms with E-state index in [1.165, 1.54) is 0 Å². The molecule has 0 aliphatic carbocycles. The quantitative estimate of drug-likeness (QED) is 0.500. The van der Waals surface area contributed by atoms with Crippen LogP contribution in [0.1, 0.15) is 27.0 Å². The first-order valence-corrected chi connectivity index (χ1v) is 12.6. The molecule has 7 nitrogen and oxygen atoms in total. The van der Waals surface area contributed by atoms with Crippen LogP contribution in [0, 0.1) is 6.92 Å². The molecule has 2 aliphatic heterocycles. The van der Waals surface area contributed by atoms with E-state index in [4.69, 9.17) is 9.47 Å². The second kappa shape index (κ2) is 11.4. The monoisotopic (exact) mass is 497 g/mol. The number of carbonyl (C=O) groups excluding carboxylic acids is 2. The topological polar surface area (TPSA) is 71.1 Å². The predicted octanol–water partition coefficient (Wildman–Crippen LogP) is 4.02. The van der Waals surface area contributed by atoms with E-state index >= 15 is 0 Å². The second-order valence-electron chi connectivity index (χ2n) is 9.29. The van der Waals surface area contributed by atoms with Crippen LogP contribution in [0.5, 0.6) is 5.75 Å². The fraction of sp³-hybridized carbons (Fsp3) is 0.267. The number of nitrogens with zero attached hydrogens (tertiary/aromatic N) is 2. The van der Waals surface area contributed by atoms with Crippen LogP contribution in [0.25, 0.3) is 6.08 Å². The molecule has 37 heavy (non-hydrogen) atoms. The van der Waals surface area contributed by atoms with Crippen molar-refractivity contribution in [3.63, 3.8) is 0 Å². The molecular formula is C30H31N3O4. The molecule has 0 spiro atoms. The van der Waals surface area contributed by atoms with Gasteiger partial charge in [0.15, 0.2) is 11.5 Å². The van der Waals surface area contributed by atoms with Crippen molar-refractivity contribution in [1.29, 1.82) is 0 Å². The van der Waals surface area contributed by atoms with Crippen LogP contribution in [-0.4, -0.2) is 56.1 Å². The molecule has 1 N–H and O–H groups in total. The number of para-hydroxylation sites is 2. The van der Waals surface area contributed by atoms with E-state index in [0.29, 0.717) is 24.4 Å². The second-order valence-corrected chi connectivity index (χ2v) is 9.29. The summed E-state index contributed by atoms with van der Waals surface area (Å²) in [4.78, 5) is 30.0. The number of hydrogen-bond donors (Lipinski definition) is 1. The largest absolute Gasteiger partial charge is 0.449 e. The molecule has 2 aliphatic rings. The standard InChI is InChI=1S/C30H31N3O4/c1-22-5-4-6-24(19-22)21-33-26-7-2-3-8-27(26)37-28(30(33)35)20-23-9-11-25(12-10-23)29(34)31-13-14-32-15-17-36-18-16-32/h2-12,19-20H,13-18,21H2,1H3,(H,31,34). The van der Waals surface area contributed by atoms with Crippen LogP contribution in [-0.2, 0) is 16.1 Å². The highest BCUT2D eigenvalue weighted by Gasteiger charge is 2.30. The number of morpholine rings is 1. The lowest BCUT2D eigenvalue weighted by Crippen LogP contribution is -2.41. The molecule has 0 saturated carbocycles. The van der Waals surface area contributed by atoms with Crippen LogP contribution in [0.3, 0.4) is 0 Å². The predicted molar refractivity (Wildman–Crippen MR) is 143 cm³/mol. The van der Waals surface area contributed by atoms with Gasteiger partial charge in [-0.15, -0.1) is 0 Å². The minimum Gasteiger partial charge on any atom is -0.449 e. The minimum absolute atomic E-state index is 0.115. The smallest absolute Gasteiger partial charge is 0.294 e. The van der Waals surface area contributed by atoms with Gasteiger partial charge < -0.3 is 14.8 Å². The molecule has 0 unspecified atom stereocenters. The lowest BCUT2D eigenvalue weighted by atomic mass is 10.1. The molecule has 5 rings (SSSR count). The maximum Gasteiger partial charge on any atom is 0.294 e. The van der Waals surface area contributed by atoms with Crippen molar-refractivity contribution >= 4 is 23.6 Å². The molecule has 0 bridgehead atoms. The first kappa shape index (κ1) is 24.7. The summed E-state index contributed by atoms with van der Waals surface area (Å²) in [6, 6.07) is 22.9. The van der Waals surface area contributed by atoms with Crippen molar-refractivity contribution < 1.29 is 19.1 Å². The first-order valence-electron chi connectivity index (χ1n) is 12.6. The maximum absolute atomic E-state index is 13.5. The van der Waals surface area contributed by atoms with Crippen molar-refractivity contribution in [3.8, 4) is 5.75 Å². The summed E-state index contributed by atoms with van der Waals surface area (Å²) in [5, 5.41) is 2.98. The molecule has 3 aromatic carbocycles. The number of rotatable bonds is 7. The molecule has 3 aromatic rings. The Morgan fingerprint density at radius 3 is 2.57 bits per heavy atom. The summed E-state index contributed by atoms with van der Waals surface area (Å²) in [6.45, 7) is 7.15. The van der Waals surface area contributed by atoms with Gasteiger partial charge in [-0.3, -0.25) is 19.4 Å². The number of nitrogens with one attached hydrogen (secondary N) is 1. The van der Waals surface area contributed by atoms with Crippen LogP contribution in [0.15, 0.2) is 78.6 Å². The van der Waals surface area contributed by atoms with Gasteiger partial charge in [0, 0.05) is 31.7 Å². The zero-order valence-corrected chi connectivity index (χ0v) is 21.0. The lowest BCUT2D eigenvalue weighted by molar-refractivity contribution is -0.117. The van der Waals surface area contributed by atoms with Gasteiger partial charge in [0.1, 0.15) is 0 Å². The molecule has 1 saturated heterocycles. The van der Waals surface area contributed by atoms with Gasteiger partial charge in [-0.05, 0) is 48.4 Å². The molecule has 0 atom stereocenters. The normalized spacial score (nSPS) is 16.8. The van der Waals surface area contributed by atoms with Crippen molar-refractivity contribution in [1.82, 2.24) is 10.2 Å². The summed E-state index contributed by atoms with van der Waals surface area (Å²) < 4.78 is 11.4. The van der Waals surface area contributed by atoms with Gasteiger partial charge in [-0.2, -0.15) is 0 Å². The zero-order valence-electron chi connectivity index (χ0n) is 21.0. The third kappa shape index (κ3) is 6.07. The first-order chi connectivity index (χ1) is 18.1. The van der Waals surface area contributed by atoms with E-state index < -0.39 is 0 Å². The Hall–Kier alpha value is -3.94. The summed E-state index contributed by atoms with van der Waals surface area (Å²) in [7, 11) is 0. The van der Waals surface area contributed by atoms with E-state index in [-0.39, 0.29) is 17.6 Å². The number of fused-ring (bicyclic) bond motifs is 1. The van der Waals surface area contributed by atoms with Crippen molar-refractivity contribution in [2.24, 2.45) is 0 Å². The number of hydrogen-bond acceptors (Lipinski definition) is 5. The van der Waals surface area contributed by atoms with Gasteiger partial charge in [-0.1, -0.05) is 54.1 Å². The maximum atomic E-state index is 13.5. The average Bonchev–Trinajstić information content (AvgIpc) is 2.92. The highest BCUT2D eigenvalue weighted by atomic mass is 16.5. The van der Waals surface area contributed by atoms with E-state index in [9.17, 15) is 9.59 Å². The molecule has 0 aromatic heterocycles. The highest BCUT2D eigenvalue weighted by Crippen LogP contribution is 2.36. The van der Waals surface area contributed by atoms with Gasteiger partial charge in [0.2, 0.25) is 0 Å². The summed E-state index contributed by atoms with van der Waals surface area (Å²) in [6.07, 6.45) is 1.72. The SMILES string of the molecule is Cc1cccc(CN2C(=O)C(=Cc3ccc(C(=O)NCCN4CCOCC4)cc3)Oc3ccccc32)c1. The number of ether oxygens (including phenoxy) is 2. The highest BCUT2D eigenvalue weighted by molar-refractivity contribution is 6.09. The fourth-order valence-corrected chi connectivity index (χ4v) is 4.55. The zero-order chi connectivity index (χ0) is 25.6. The number of aryl methyl sites for hydroxylation is 1. The average molecular weight is 498 g/mol. The van der Waals surface area contributed by atoms with Crippen LogP contribution < -0.4 is 15.0 Å². The van der Waals surface area contributed by atoms with E-state index in [2.05, 4.69) is 16.3 Å². The Bertz CT molecular complexity index is 1300. The Kier molecular flexibility index (Phi) is 7.63. The van der Waals surface area contributed by atoms with E-state index in [1.807, 2.05) is 61.5 Å². The van der Waals surface area contributed by atoms with Gasteiger partial charge in [0.05, 0.1) is 25.4 Å². The number of amides is 2. The molecule has 2 heterocycles. The van der Waals surface area contributed by atoms with Crippen LogP contribution >= 0.6 is 0 Å². The number of benzene rings is 3. The van der Waals surface area contributed by atoms with Crippen molar-refractivity contribution in [2.75, 3.05) is 44.3 Å². The molecule has 1 fully saturated rings. The Morgan fingerprint density at radius 2 is 1.78 bits per heavy atom. The third-order valence-electron chi connectivity index (χ3n) is 6.54. The van der Waals surface area contributed by atoms with Gasteiger partial charge in [-0.25, -0.2) is 0 Å². The summed E-state index contributed by atoms with van der Waals surface area (Å²) in [5.41, 5.74) is 4.30. The number of carbonyl (C=O) groups is 2. The molecular weight excluding hydrogens is 466 g/mol. The Morgan fingerprint density at radius 1 is 1.00 bits per heavy atom. The Labute approximate surface area is 217 Å². The van der Waals surface area contributed by atoms with Crippen molar-refractivity contribution in [2.45, 2.75) is 13.5 Å². The number of anilines is 1. The van der Waals surface area contributed by atoms with Crippen LogP contribution in [0.4, 0.5) is 5.69 Å². The van der Waals surface area contributed by atoms with Crippen LogP contribution in [0.2, 0.25) is 0 Å². The van der Waals surface area contributed by atoms with E-state index in [0.717, 1.165) is 55.2 Å². The molecule has 2 amide bonds.